The average Bonchev–Trinajstić information content (AvgIpc) is 3.14. The average molecular weight is 384 g/mol. The van der Waals surface area contributed by atoms with Gasteiger partial charge in [-0.1, -0.05) is 19.3 Å². The van der Waals surface area contributed by atoms with Gasteiger partial charge >= 0.3 is 0 Å². The first kappa shape index (κ1) is 18.3. The number of aromatic nitrogens is 2. The van der Waals surface area contributed by atoms with E-state index in [4.69, 9.17) is 9.97 Å². The number of carbonyl (C=O) groups is 1. The van der Waals surface area contributed by atoms with Gasteiger partial charge in [0.25, 0.3) is 0 Å². The van der Waals surface area contributed by atoms with Crippen molar-refractivity contribution in [2.45, 2.75) is 63.8 Å². The van der Waals surface area contributed by atoms with Crippen molar-refractivity contribution < 1.29 is 4.79 Å². The van der Waals surface area contributed by atoms with E-state index in [1.165, 1.54) is 37.7 Å². The van der Waals surface area contributed by atoms with Crippen molar-refractivity contribution in [3.8, 4) is 0 Å². The van der Waals surface area contributed by atoms with E-state index < -0.39 is 0 Å². The molecule has 1 aromatic heterocycles. The van der Waals surface area contributed by atoms with Crippen LogP contribution in [-0.4, -0.2) is 71.0 Å². The molecule has 0 atom stereocenters. The molecule has 152 valence electrons. The lowest BCUT2D eigenvalue weighted by Gasteiger charge is -2.43. The Kier molecular flexibility index (Phi) is 5.22. The summed E-state index contributed by atoms with van der Waals surface area (Å²) >= 11 is 0. The molecule has 2 aliphatic carbocycles. The first-order valence-corrected chi connectivity index (χ1v) is 11.4. The Labute approximate surface area is 168 Å². The molecule has 0 N–H and O–H groups in total. The number of rotatable bonds is 3. The summed E-state index contributed by atoms with van der Waals surface area (Å²) in [7, 11) is 0. The highest BCUT2D eigenvalue weighted by Gasteiger charge is 2.30. The second-order valence-corrected chi connectivity index (χ2v) is 9.06. The summed E-state index contributed by atoms with van der Waals surface area (Å²) in [5.41, 5.74) is 2.40. The molecule has 6 nitrogen and oxygen atoms in total. The van der Waals surface area contributed by atoms with Crippen LogP contribution in [0.3, 0.4) is 0 Å². The summed E-state index contributed by atoms with van der Waals surface area (Å²) in [6.07, 6.45) is 12.5. The highest BCUT2D eigenvalue weighted by atomic mass is 16.2. The number of hydrogen-bond acceptors (Lipinski definition) is 5. The molecule has 2 aliphatic heterocycles. The molecule has 28 heavy (non-hydrogen) atoms. The normalized spacial score (nSPS) is 24.7. The Balaban J connectivity index is 1.21. The van der Waals surface area contributed by atoms with E-state index in [0.29, 0.717) is 5.91 Å². The van der Waals surface area contributed by atoms with Gasteiger partial charge in [-0.2, -0.15) is 0 Å². The van der Waals surface area contributed by atoms with Gasteiger partial charge in [0.05, 0.1) is 5.69 Å². The molecule has 6 heteroatoms. The maximum absolute atomic E-state index is 12.8. The lowest BCUT2D eigenvalue weighted by Crippen LogP contribution is -2.52. The zero-order valence-corrected chi connectivity index (χ0v) is 17.0. The molecule has 0 aromatic carbocycles. The molecule has 4 aliphatic rings. The molecule has 3 heterocycles. The Morgan fingerprint density at radius 2 is 1.64 bits per heavy atom. The van der Waals surface area contributed by atoms with Crippen molar-refractivity contribution in [2.75, 3.05) is 44.2 Å². The summed E-state index contributed by atoms with van der Waals surface area (Å²) in [6.45, 7) is 5.96. The fourth-order valence-electron chi connectivity index (χ4n) is 5.31. The first-order valence-electron chi connectivity index (χ1n) is 11.4. The van der Waals surface area contributed by atoms with Crippen LogP contribution in [0.15, 0.2) is 6.20 Å². The molecule has 0 unspecified atom stereocenters. The number of hydrogen-bond donors (Lipinski definition) is 0. The van der Waals surface area contributed by atoms with E-state index in [2.05, 4.69) is 14.7 Å². The van der Waals surface area contributed by atoms with Gasteiger partial charge in [-0.3, -0.25) is 9.69 Å². The first-order chi connectivity index (χ1) is 13.8. The third-order valence-electron chi connectivity index (χ3n) is 7.42. The van der Waals surface area contributed by atoms with Crippen molar-refractivity contribution in [3.63, 3.8) is 0 Å². The fraction of sp³-hybridized carbons (Fsp3) is 0.773. The molecule has 0 radical (unpaired) electrons. The van der Waals surface area contributed by atoms with Crippen molar-refractivity contribution >= 4 is 11.9 Å². The van der Waals surface area contributed by atoms with Gasteiger partial charge in [0.2, 0.25) is 11.9 Å². The van der Waals surface area contributed by atoms with Crippen LogP contribution < -0.4 is 4.90 Å². The number of nitrogens with zero attached hydrogens (tertiary/aromatic N) is 5. The number of carbonyl (C=O) groups excluding carboxylic acids is 1. The molecule has 5 rings (SSSR count). The zero-order valence-electron chi connectivity index (χ0n) is 17.0. The Morgan fingerprint density at radius 1 is 0.893 bits per heavy atom. The standard InChI is InChI=1S/C22H33N5O/c28-21(17-4-1-2-5-17)26-10-8-18-16-23-22(24-20(18)9-11-26)27-14-12-25(13-15-27)19-6-3-7-19/h16-17,19H,1-15H2. The number of anilines is 1. The monoisotopic (exact) mass is 383 g/mol. The van der Waals surface area contributed by atoms with Gasteiger partial charge in [0, 0.05) is 63.8 Å². The minimum absolute atomic E-state index is 0.273. The van der Waals surface area contributed by atoms with Crippen molar-refractivity contribution in [2.24, 2.45) is 5.92 Å². The van der Waals surface area contributed by atoms with Crippen molar-refractivity contribution in [3.05, 3.63) is 17.5 Å². The van der Waals surface area contributed by atoms with E-state index >= 15 is 0 Å². The summed E-state index contributed by atoms with van der Waals surface area (Å²) in [5.74, 6) is 1.54. The molecular weight excluding hydrogens is 350 g/mol. The van der Waals surface area contributed by atoms with E-state index in [0.717, 1.165) is 82.6 Å². The van der Waals surface area contributed by atoms with Crippen molar-refractivity contribution in [1.82, 2.24) is 19.8 Å². The van der Waals surface area contributed by atoms with Crippen LogP contribution in [-0.2, 0) is 17.6 Å². The lowest BCUT2D eigenvalue weighted by atomic mass is 9.91. The van der Waals surface area contributed by atoms with Crippen LogP contribution in [0.4, 0.5) is 5.95 Å². The predicted molar refractivity (Wildman–Crippen MR) is 109 cm³/mol. The third-order valence-corrected chi connectivity index (χ3v) is 7.42. The largest absolute Gasteiger partial charge is 0.342 e. The SMILES string of the molecule is O=C(C1CCCC1)N1CCc2cnc(N3CCN(C4CCC4)CC3)nc2CC1. The summed E-state index contributed by atoms with van der Waals surface area (Å²) in [6, 6.07) is 0.832. The van der Waals surface area contributed by atoms with Crippen LogP contribution in [0.1, 0.15) is 56.2 Å². The molecule has 0 spiro atoms. The van der Waals surface area contributed by atoms with Crippen LogP contribution >= 0.6 is 0 Å². The molecule has 2 saturated carbocycles. The topological polar surface area (TPSA) is 52.6 Å². The molecule has 1 saturated heterocycles. The molecule has 3 fully saturated rings. The molecular formula is C22H33N5O. The fourth-order valence-corrected chi connectivity index (χ4v) is 5.31. The maximum atomic E-state index is 12.8. The van der Waals surface area contributed by atoms with E-state index in [1.807, 2.05) is 6.20 Å². The third kappa shape index (κ3) is 3.63. The quantitative estimate of drug-likeness (QED) is 0.801. The highest BCUT2D eigenvalue weighted by Crippen LogP contribution is 2.28. The van der Waals surface area contributed by atoms with Gasteiger partial charge < -0.3 is 9.80 Å². The van der Waals surface area contributed by atoms with Crippen molar-refractivity contribution in [1.29, 1.82) is 0 Å². The zero-order chi connectivity index (χ0) is 18.9. The van der Waals surface area contributed by atoms with E-state index in [-0.39, 0.29) is 5.92 Å². The van der Waals surface area contributed by atoms with E-state index in [9.17, 15) is 4.79 Å². The Hall–Kier alpha value is -1.69. The second-order valence-electron chi connectivity index (χ2n) is 9.06. The smallest absolute Gasteiger partial charge is 0.225 e. The Morgan fingerprint density at radius 3 is 2.36 bits per heavy atom. The second kappa shape index (κ2) is 7.97. The number of fused-ring (bicyclic) bond motifs is 1. The lowest BCUT2D eigenvalue weighted by molar-refractivity contribution is -0.135. The van der Waals surface area contributed by atoms with Crippen LogP contribution in [0.5, 0.6) is 0 Å². The van der Waals surface area contributed by atoms with Gasteiger partial charge in [0.15, 0.2) is 0 Å². The number of amides is 1. The maximum Gasteiger partial charge on any atom is 0.225 e. The minimum atomic E-state index is 0.273. The predicted octanol–water partition coefficient (Wildman–Crippen LogP) is 2.27. The van der Waals surface area contributed by atoms with Gasteiger partial charge in [0.1, 0.15) is 0 Å². The molecule has 1 amide bonds. The van der Waals surface area contributed by atoms with Gasteiger partial charge in [-0.15, -0.1) is 0 Å². The summed E-state index contributed by atoms with van der Waals surface area (Å²) < 4.78 is 0. The van der Waals surface area contributed by atoms with Gasteiger partial charge in [-0.25, -0.2) is 9.97 Å². The van der Waals surface area contributed by atoms with Crippen LogP contribution in [0.2, 0.25) is 0 Å². The Bertz CT molecular complexity index is 705. The van der Waals surface area contributed by atoms with Crippen LogP contribution in [0.25, 0.3) is 0 Å². The molecule has 1 aromatic rings. The summed E-state index contributed by atoms with van der Waals surface area (Å²) in [5, 5.41) is 0. The van der Waals surface area contributed by atoms with Gasteiger partial charge in [-0.05, 0) is 37.7 Å². The highest BCUT2D eigenvalue weighted by molar-refractivity contribution is 5.79. The summed E-state index contributed by atoms with van der Waals surface area (Å²) in [4.78, 5) is 29.6. The number of piperazine rings is 1. The van der Waals surface area contributed by atoms with Crippen LogP contribution in [0, 0.1) is 5.92 Å². The molecule has 0 bridgehead atoms. The van der Waals surface area contributed by atoms with E-state index in [1.54, 1.807) is 0 Å². The minimum Gasteiger partial charge on any atom is -0.342 e.